The van der Waals surface area contributed by atoms with Crippen molar-refractivity contribution in [3.05, 3.63) is 35.6 Å². The van der Waals surface area contributed by atoms with Gasteiger partial charge in [0, 0.05) is 12.6 Å². The Bertz CT molecular complexity index is 528. The summed E-state index contributed by atoms with van der Waals surface area (Å²) in [5.74, 6) is -0.120. The third-order valence-corrected chi connectivity index (χ3v) is 4.66. The maximum absolute atomic E-state index is 13.2. The molecule has 1 aliphatic heterocycles. The molecule has 1 saturated carbocycles. The van der Waals surface area contributed by atoms with Gasteiger partial charge in [0.15, 0.2) is 0 Å². The van der Waals surface area contributed by atoms with Crippen LogP contribution in [-0.2, 0) is 4.79 Å². The summed E-state index contributed by atoms with van der Waals surface area (Å²) in [6.07, 6.45) is 2.59. The highest BCUT2D eigenvalue weighted by Crippen LogP contribution is 2.31. The van der Waals surface area contributed by atoms with Crippen molar-refractivity contribution in [1.82, 2.24) is 10.2 Å². The number of carbonyl (C=O) groups excluding carboxylic acids is 1. The Morgan fingerprint density at radius 3 is 2.55 bits per heavy atom. The van der Waals surface area contributed by atoms with E-state index in [1.165, 1.54) is 12.1 Å². The second-order valence-corrected chi connectivity index (χ2v) is 6.52. The molecular weight excluding hydrogens is 283 g/mol. The maximum atomic E-state index is 13.2. The van der Waals surface area contributed by atoms with Gasteiger partial charge in [-0.1, -0.05) is 12.1 Å². The molecule has 1 aromatic carbocycles. The molecule has 0 spiro atoms. The van der Waals surface area contributed by atoms with Gasteiger partial charge in [-0.05, 0) is 56.3 Å². The minimum atomic E-state index is -0.398. The van der Waals surface area contributed by atoms with Crippen LogP contribution in [0.2, 0.25) is 0 Å². The average Bonchev–Trinajstić information content (AvgIpc) is 3.15. The molecule has 3 rings (SSSR count). The van der Waals surface area contributed by atoms with Crippen LogP contribution in [0, 0.1) is 11.7 Å². The lowest BCUT2D eigenvalue weighted by atomic mass is 10.0. The van der Waals surface area contributed by atoms with E-state index in [2.05, 4.69) is 10.2 Å². The fraction of sp³-hybridized carbons (Fsp3) is 0.588. The number of likely N-dealkylation sites (tertiary alicyclic amines) is 1. The van der Waals surface area contributed by atoms with Gasteiger partial charge in [-0.2, -0.15) is 0 Å². The standard InChI is InChI=1S/C17H23FN2O2/c1-11(21)13-8-9-20(10-13)16(17(22)19-15-6-7-15)12-2-4-14(18)5-3-12/h2-5,11,13,15-16,21H,6-10H2,1H3,(H,19,22). The lowest BCUT2D eigenvalue weighted by Gasteiger charge is -2.28. The van der Waals surface area contributed by atoms with E-state index < -0.39 is 6.04 Å². The van der Waals surface area contributed by atoms with Crippen LogP contribution in [0.5, 0.6) is 0 Å². The summed E-state index contributed by atoms with van der Waals surface area (Å²) in [5.41, 5.74) is 0.811. The highest BCUT2D eigenvalue weighted by Gasteiger charge is 2.36. The van der Waals surface area contributed by atoms with Gasteiger partial charge < -0.3 is 10.4 Å². The van der Waals surface area contributed by atoms with E-state index in [-0.39, 0.29) is 23.7 Å². The zero-order valence-corrected chi connectivity index (χ0v) is 12.8. The SMILES string of the molecule is CC(O)C1CCN(C(C(=O)NC2CC2)c2ccc(F)cc2)C1. The smallest absolute Gasteiger partial charge is 0.242 e. The van der Waals surface area contributed by atoms with Crippen LogP contribution >= 0.6 is 0 Å². The molecule has 3 atom stereocenters. The number of hydrogen-bond acceptors (Lipinski definition) is 3. The van der Waals surface area contributed by atoms with Gasteiger partial charge in [-0.15, -0.1) is 0 Å². The third kappa shape index (κ3) is 3.47. The van der Waals surface area contributed by atoms with Crippen molar-refractivity contribution in [1.29, 1.82) is 0 Å². The number of rotatable bonds is 5. The van der Waals surface area contributed by atoms with Crippen LogP contribution in [0.15, 0.2) is 24.3 Å². The van der Waals surface area contributed by atoms with Crippen LogP contribution in [0.1, 0.15) is 37.8 Å². The van der Waals surface area contributed by atoms with Crippen LogP contribution in [0.25, 0.3) is 0 Å². The van der Waals surface area contributed by atoms with E-state index in [1.807, 2.05) is 0 Å². The summed E-state index contributed by atoms with van der Waals surface area (Å²) in [4.78, 5) is 14.7. The zero-order chi connectivity index (χ0) is 15.7. The Balaban J connectivity index is 1.79. The van der Waals surface area contributed by atoms with E-state index >= 15 is 0 Å². The number of aliphatic hydroxyl groups excluding tert-OH is 1. The molecule has 1 amide bonds. The molecule has 120 valence electrons. The average molecular weight is 306 g/mol. The van der Waals surface area contributed by atoms with E-state index in [1.54, 1.807) is 19.1 Å². The van der Waals surface area contributed by atoms with Crippen molar-refractivity contribution in [2.75, 3.05) is 13.1 Å². The normalized spacial score (nSPS) is 25.0. The van der Waals surface area contributed by atoms with Crippen molar-refractivity contribution >= 4 is 5.91 Å². The number of aliphatic hydroxyl groups is 1. The molecule has 0 radical (unpaired) electrons. The van der Waals surface area contributed by atoms with Crippen LogP contribution in [0.3, 0.4) is 0 Å². The minimum Gasteiger partial charge on any atom is -0.393 e. The topological polar surface area (TPSA) is 52.6 Å². The number of nitrogens with one attached hydrogen (secondary N) is 1. The molecule has 2 aliphatic rings. The first-order valence-electron chi connectivity index (χ1n) is 8.02. The highest BCUT2D eigenvalue weighted by atomic mass is 19.1. The Kier molecular flexibility index (Phi) is 4.45. The van der Waals surface area contributed by atoms with Gasteiger partial charge in [0.1, 0.15) is 11.9 Å². The molecule has 2 fully saturated rings. The predicted octanol–water partition coefficient (Wildman–Crippen LogP) is 1.85. The van der Waals surface area contributed by atoms with Crippen molar-refractivity contribution in [2.45, 2.75) is 44.4 Å². The molecule has 5 heteroatoms. The van der Waals surface area contributed by atoms with E-state index in [0.717, 1.165) is 31.4 Å². The fourth-order valence-corrected chi connectivity index (χ4v) is 3.12. The quantitative estimate of drug-likeness (QED) is 0.873. The number of benzene rings is 1. The lowest BCUT2D eigenvalue weighted by molar-refractivity contribution is -0.126. The third-order valence-electron chi connectivity index (χ3n) is 4.66. The number of nitrogens with zero attached hydrogens (tertiary/aromatic N) is 1. The van der Waals surface area contributed by atoms with Gasteiger partial charge in [-0.25, -0.2) is 4.39 Å². The number of halogens is 1. The second kappa shape index (κ2) is 6.34. The van der Waals surface area contributed by atoms with Crippen molar-refractivity contribution in [3.8, 4) is 0 Å². The summed E-state index contributed by atoms with van der Waals surface area (Å²) < 4.78 is 13.2. The van der Waals surface area contributed by atoms with Crippen molar-refractivity contribution in [3.63, 3.8) is 0 Å². The second-order valence-electron chi connectivity index (χ2n) is 6.52. The molecule has 1 aromatic rings. The number of hydrogen-bond donors (Lipinski definition) is 2. The monoisotopic (exact) mass is 306 g/mol. The summed E-state index contributed by atoms with van der Waals surface area (Å²) in [5, 5.41) is 12.8. The number of amides is 1. The number of carbonyl (C=O) groups is 1. The fourth-order valence-electron chi connectivity index (χ4n) is 3.12. The lowest BCUT2D eigenvalue weighted by Crippen LogP contribution is -2.41. The Labute approximate surface area is 130 Å². The van der Waals surface area contributed by atoms with E-state index in [9.17, 15) is 14.3 Å². The summed E-state index contributed by atoms with van der Waals surface area (Å²) in [6.45, 7) is 3.26. The molecule has 4 nitrogen and oxygen atoms in total. The van der Waals surface area contributed by atoms with Crippen molar-refractivity contribution in [2.24, 2.45) is 5.92 Å². The molecule has 1 aliphatic carbocycles. The maximum Gasteiger partial charge on any atom is 0.242 e. The summed E-state index contributed by atoms with van der Waals surface area (Å²) in [7, 11) is 0. The first kappa shape index (κ1) is 15.4. The Morgan fingerprint density at radius 1 is 1.32 bits per heavy atom. The molecule has 3 unspecified atom stereocenters. The van der Waals surface area contributed by atoms with E-state index in [4.69, 9.17) is 0 Å². The highest BCUT2D eigenvalue weighted by molar-refractivity contribution is 5.83. The summed E-state index contributed by atoms with van der Waals surface area (Å²) in [6, 6.07) is 6.06. The zero-order valence-electron chi connectivity index (χ0n) is 12.8. The molecular formula is C17H23FN2O2. The van der Waals surface area contributed by atoms with Gasteiger partial charge in [0.25, 0.3) is 0 Å². The predicted molar refractivity (Wildman–Crippen MR) is 81.7 cm³/mol. The Hall–Kier alpha value is -1.46. The molecule has 0 bridgehead atoms. The molecule has 0 aromatic heterocycles. The first-order chi connectivity index (χ1) is 10.5. The molecule has 1 heterocycles. The van der Waals surface area contributed by atoms with Gasteiger partial charge in [0.2, 0.25) is 5.91 Å². The minimum absolute atomic E-state index is 0.0136. The van der Waals surface area contributed by atoms with Crippen LogP contribution in [0.4, 0.5) is 4.39 Å². The summed E-state index contributed by atoms with van der Waals surface area (Å²) >= 11 is 0. The molecule has 22 heavy (non-hydrogen) atoms. The first-order valence-corrected chi connectivity index (χ1v) is 8.02. The van der Waals surface area contributed by atoms with Gasteiger partial charge in [0.05, 0.1) is 6.10 Å². The largest absolute Gasteiger partial charge is 0.393 e. The van der Waals surface area contributed by atoms with Crippen molar-refractivity contribution < 1.29 is 14.3 Å². The van der Waals surface area contributed by atoms with Crippen LogP contribution in [-0.4, -0.2) is 41.1 Å². The Morgan fingerprint density at radius 2 is 2.00 bits per heavy atom. The van der Waals surface area contributed by atoms with Gasteiger partial charge >= 0.3 is 0 Å². The van der Waals surface area contributed by atoms with Gasteiger partial charge in [-0.3, -0.25) is 9.69 Å². The molecule has 2 N–H and O–H groups in total. The van der Waals surface area contributed by atoms with E-state index in [0.29, 0.717) is 12.6 Å². The van der Waals surface area contributed by atoms with Crippen LogP contribution < -0.4 is 5.32 Å². The molecule has 1 saturated heterocycles.